The number of carboxylic acid groups (broad SMARTS) is 1. The van der Waals surface area contributed by atoms with Gasteiger partial charge in [-0.1, -0.05) is 25.7 Å². The van der Waals surface area contributed by atoms with E-state index in [1.54, 1.807) is 6.92 Å². The van der Waals surface area contributed by atoms with Gasteiger partial charge < -0.3 is 19.9 Å². The van der Waals surface area contributed by atoms with Crippen molar-refractivity contribution in [2.75, 3.05) is 25.1 Å². The van der Waals surface area contributed by atoms with Crippen LogP contribution in [0.3, 0.4) is 0 Å². The lowest BCUT2D eigenvalue weighted by atomic mass is 10.2. The molecular formula is C18H28F3N3O5Si. The minimum atomic E-state index is -4.88. The van der Waals surface area contributed by atoms with Crippen LogP contribution in [0.2, 0.25) is 25.7 Å². The van der Waals surface area contributed by atoms with Crippen LogP contribution in [-0.4, -0.2) is 54.8 Å². The number of halogens is 3. The molecular weight excluding hydrogens is 423 g/mol. The monoisotopic (exact) mass is 451 g/mol. The number of alkyl halides is 3. The van der Waals surface area contributed by atoms with Crippen LogP contribution in [0.4, 0.5) is 18.9 Å². The fraction of sp³-hybridized carbons (Fsp3) is 0.611. The van der Waals surface area contributed by atoms with Crippen molar-refractivity contribution in [3.63, 3.8) is 0 Å². The van der Waals surface area contributed by atoms with E-state index in [9.17, 15) is 22.8 Å². The smallest absolute Gasteiger partial charge is 0.423 e. The highest BCUT2D eigenvalue weighted by Crippen LogP contribution is 2.31. The Morgan fingerprint density at radius 3 is 2.60 bits per heavy atom. The number of aliphatic carboxylic acids is 1. The van der Waals surface area contributed by atoms with Crippen molar-refractivity contribution in [2.45, 2.75) is 51.6 Å². The molecule has 0 saturated carbocycles. The number of hydrogen-bond acceptors (Lipinski definition) is 6. The average molecular weight is 452 g/mol. The molecule has 0 radical (unpaired) electrons. The molecule has 0 aliphatic carbocycles. The van der Waals surface area contributed by atoms with Crippen LogP contribution >= 0.6 is 0 Å². The molecule has 0 bridgehead atoms. The highest BCUT2D eigenvalue weighted by atomic mass is 28.3. The van der Waals surface area contributed by atoms with E-state index in [4.69, 9.17) is 14.6 Å². The Labute approximate surface area is 173 Å². The molecule has 2 N–H and O–H groups in total. The Morgan fingerprint density at radius 1 is 1.37 bits per heavy atom. The maximum absolute atomic E-state index is 13.5. The van der Waals surface area contributed by atoms with E-state index < -0.39 is 43.1 Å². The fourth-order valence-electron chi connectivity index (χ4n) is 2.26. The molecule has 0 aromatic carbocycles. The second-order valence-electron chi connectivity index (χ2n) is 7.91. The number of carboxylic acids is 1. The van der Waals surface area contributed by atoms with Crippen LogP contribution in [0.5, 0.6) is 0 Å². The van der Waals surface area contributed by atoms with Crippen LogP contribution in [-0.2, 0) is 27.2 Å². The first kappa shape index (κ1) is 25.9. The predicted octanol–water partition coefficient (Wildman–Crippen LogP) is 3.03. The van der Waals surface area contributed by atoms with Gasteiger partial charge in [0.1, 0.15) is 12.3 Å². The van der Waals surface area contributed by atoms with Crippen molar-refractivity contribution in [1.82, 2.24) is 9.78 Å². The number of carbonyl (C=O) groups is 1. The van der Waals surface area contributed by atoms with Crippen molar-refractivity contribution in [2.24, 2.45) is 0 Å². The molecule has 1 aromatic rings. The molecule has 1 aromatic heterocycles. The summed E-state index contributed by atoms with van der Waals surface area (Å²) in [7, 11) is -1.37. The van der Waals surface area contributed by atoms with Crippen molar-refractivity contribution in [3.8, 4) is 0 Å². The van der Waals surface area contributed by atoms with Crippen molar-refractivity contribution in [3.05, 3.63) is 34.3 Å². The Morgan fingerprint density at radius 2 is 2.03 bits per heavy atom. The topological polar surface area (TPSA) is 103 Å². The molecule has 0 spiro atoms. The molecule has 8 nitrogen and oxygen atoms in total. The predicted molar refractivity (Wildman–Crippen MR) is 108 cm³/mol. The van der Waals surface area contributed by atoms with Crippen LogP contribution < -0.4 is 10.9 Å². The maximum atomic E-state index is 13.5. The summed E-state index contributed by atoms with van der Waals surface area (Å²) in [6.07, 6.45) is -1.78. The summed E-state index contributed by atoms with van der Waals surface area (Å²) in [6.45, 7) is 7.93. The van der Waals surface area contributed by atoms with Gasteiger partial charge in [0.05, 0.1) is 25.1 Å². The SMILES string of the molecule is C[C@@H](COC/C=C/C(=O)O)Nc1cnn(COCC[Si](C)(C)C)c(=O)c1C(F)(F)F. The Balaban J connectivity index is 2.83. The van der Waals surface area contributed by atoms with Crippen molar-refractivity contribution < 1.29 is 32.5 Å². The Bertz CT molecular complexity index is 791. The third kappa shape index (κ3) is 9.54. The second-order valence-corrected chi connectivity index (χ2v) is 13.5. The lowest BCUT2D eigenvalue weighted by molar-refractivity contribution is -0.138. The zero-order valence-electron chi connectivity index (χ0n) is 17.5. The number of rotatable bonds is 12. The van der Waals surface area contributed by atoms with Gasteiger partial charge in [-0.15, -0.1) is 0 Å². The number of anilines is 1. The average Bonchev–Trinajstić information content (AvgIpc) is 2.57. The number of nitrogens with zero attached hydrogens (tertiary/aromatic N) is 2. The molecule has 1 heterocycles. The van der Waals surface area contributed by atoms with Gasteiger partial charge in [-0.2, -0.15) is 18.3 Å². The number of nitrogens with one attached hydrogen (secondary N) is 1. The first-order valence-electron chi connectivity index (χ1n) is 9.30. The lowest BCUT2D eigenvalue weighted by Crippen LogP contribution is -2.34. The third-order valence-corrected chi connectivity index (χ3v) is 5.49. The summed E-state index contributed by atoms with van der Waals surface area (Å²) in [4.78, 5) is 22.7. The molecule has 0 aliphatic heterocycles. The second kappa shape index (κ2) is 11.3. The summed E-state index contributed by atoms with van der Waals surface area (Å²) in [5.41, 5.74) is -3.11. The first-order chi connectivity index (χ1) is 13.8. The summed E-state index contributed by atoms with van der Waals surface area (Å²) in [5, 5.41) is 14.8. The van der Waals surface area contributed by atoms with Gasteiger partial charge >= 0.3 is 12.1 Å². The van der Waals surface area contributed by atoms with Gasteiger partial charge in [0.2, 0.25) is 0 Å². The number of aromatic nitrogens is 2. The molecule has 170 valence electrons. The molecule has 1 rings (SSSR count). The van der Waals surface area contributed by atoms with Crippen LogP contribution in [0.15, 0.2) is 23.1 Å². The van der Waals surface area contributed by atoms with Crippen LogP contribution in [0, 0.1) is 0 Å². The minimum Gasteiger partial charge on any atom is -0.478 e. The van der Waals surface area contributed by atoms with Gasteiger partial charge in [-0.25, -0.2) is 9.48 Å². The van der Waals surface area contributed by atoms with E-state index in [-0.39, 0.29) is 19.9 Å². The van der Waals surface area contributed by atoms with Gasteiger partial charge in [0.25, 0.3) is 5.56 Å². The van der Waals surface area contributed by atoms with E-state index in [0.717, 1.165) is 18.3 Å². The van der Waals surface area contributed by atoms with Crippen LogP contribution in [0.25, 0.3) is 0 Å². The zero-order chi connectivity index (χ0) is 22.9. The van der Waals surface area contributed by atoms with Gasteiger partial charge in [-0.3, -0.25) is 4.79 Å². The Hall–Kier alpha value is -2.18. The van der Waals surface area contributed by atoms with E-state index in [1.165, 1.54) is 6.08 Å². The quantitative estimate of drug-likeness (QED) is 0.286. The lowest BCUT2D eigenvalue weighted by Gasteiger charge is -2.20. The largest absolute Gasteiger partial charge is 0.478 e. The van der Waals surface area contributed by atoms with Crippen molar-refractivity contribution in [1.29, 1.82) is 0 Å². The van der Waals surface area contributed by atoms with E-state index in [2.05, 4.69) is 30.1 Å². The molecule has 0 unspecified atom stereocenters. The molecule has 1 atom stereocenters. The zero-order valence-corrected chi connectivity index (χ0v) is 18.5. The van der Waals surface area contributed by atoms with Gasteiger partial charge in [0, 0.05) is 26.8 Å². The summed E-state index contributed by atoms with van der Waals surface area (Å²) in [6, 6.07) is 0.224. The third-order valence-electron chi connectivity index (χ3n) is 3.78. The fourth-order valence-corrected chi connectivity index (χ4v) is 3.02. The number of hydrogen-bond donors (Lipinski definition) is 2. The molecule has 0 fully saturated rings. The highest BCUT2D eigenvalue weighted by Gasteiger charge is 2.38. The summed E-state index contributed by atoms with van der Waals surface area (Å²) >= 11 is 0. The van der Waals surface area contributed by atoms with E-state index in [0.29, 0.717) is 11.3 Å². The van der Waals surface area contributed by atoms with E-state index >= 15 is 0 Å². The normalized spacial score (nSPS) is 13.6. The molecule has 0 aliphatic rings. The maximum Gasteiger partial charge on any atom is 0.423 e. The van der Waals surface area contributed by atoms with Gasteiger partial charge in [0.15, 0.2) is 0 Å². The Kier molecular flexibility index (Phi) is 9.72. The molecule has 0 amide bonds. The summed E-state index contributed by atoms with van der Waals surface area (Å²) < 4.78 is 51.7. The molecule has 12 heteroatoms. The van der Waals surface area contributed by atoms with Crippen molar-refractivity contribution >= 4 is 19.7 Å². The molecule has 0 saturated heterocycles. The molecule has 30 heavy (non-hydrogen) atoms. The summed E-state index contributed by atoms with van der Waals surface area (Å²) in [5.74, 6) is -1.13. The van der Waals surface area contributed by atoms with Gasteiger partial charge in [-0.05, 0) is 13.0 Å². The standard InChI is InChI=1S/C18H28F3N3O5Si/c1-13(11-28-7-5-6-15(25)26)23-14-10-22-24(12-29-8-9-30(2,3)4)17(27)16(14)18(19,20)21/h5-6,10,13,23H,7-9,11-12H2,1-4H3,(H,25,26)/b6-5+/t13-/m0/s1. The minimum absolute atomic E-state index is 0.00978. The highest BCUT2D eigenvalue weighted by molar-refractivity contribution is 6.76. The number of ether oxygens (including phenoxy) is 2. The van der Waals surface area contributed by atoms with Crippen LogP contribution in [0.1, 0.15) is 12.5 Å². The van der Waals surface area contributed by atoms with E-state index in [1.807, 2.05) is 0 Å². The first-order valence-corrected chi connectivity index (χ1v) is 13.0.